The van der Waals surface area contributed by atoms with Crippen LogP contribution >= 0.6 is 0 Å². The van der Waals surface area contributed by atoms with Crippen LogP contribution in [0.5, 0.6) is 0 Å². The number of benzene rings is 1. The zero-order chi connectivity index (χ0) is 16.8. The minimum absolute atomic E-state index is 0.0930. The van der Waals surface area contributed by atoms with Crippen molar-refractivity contribution in [3.63, 3.8) is 0 Å². The Morgan fingerprint density at radius 3 is 2.65 bits per heavy atom. The third kappa shape index (κ3) is 3.78. The number of carbonyl (C=O) groups excluding carboxylic acids is 3. The molecule has 0 aliphatic heterocycles. The number of allylic oxidation sites excluding steroid dienone is 1. The summed E-state index contributed by atoms with van der Waals surface area (Å²) in [5, 5.41) is 3.23. The Labute approximate surface area is 132 Å². The first-order valence-corrected chi connectivity index (χ1v) is 6.88. The van der Waals surface area contributed by atoms with Crippen molar-refractivity contribution in [1.29, 1.82) is 0 Å². The summed E-state index contributed by atoms with van der Waals surface area (Å²) >= 11 is 0. The Morgan fingerprint density at radius 1 is 1.17 bits per heavy atom. The summed E-state index contributed by atoms with van der Waals surface area (Å²) in [5.74, 6) is 3.95. The first kappa shape index (κ1) is 16.3. The molecule has 0 unspecified atom stereocenters. The first-order valence-electron chi connectivity index (χ1n) is 6.88. The molecule has 0 aliphatic carbocycles. The standard InChI is InChI=1S/C16H16N4O3/c1-2-4-11(21)9-18-15(22)12-6-3-5-10-7-8-13(16(23)20-17)19-14(10)12/h2-3,5-8H,1,4,9,17H2,(H,18,22)(H,20,23). The van der Waals surface area contributed by atoms with Crippen LogP contribution in [0, 0.1) is 0 Å². The predicted octanol–water partition coefficient (Wildman–Crippen LogP) is 0.713. The van der Waals surface area contributed by atoms with Gasteiger partial charge in [0, 0.05) is 11.8 Å². The third-order valence-corrected chi connectivity index (χ3v) is 3.15. The van der Waals surface area contributed by atoms with Gasteiger partial charge in [0.25, 0.3) is 11.8 Å². The summed E-state index contributed by atoms with van der Waals surface area (Å²) in [5.41, 5.74) is 2.73. The van der Waals surface area contributed by atoms with Gasteiger partial charge in [0.2, 0.25) is 0 Å². The van der Waals surface area contributed by atoms with Crippen molar-refractivity contribution in [2.45, 2.75) is 6.42 Å². The average molecular weight is 312 g/mol. The molecule has 7 heteroatoms. The van der Waals surface area contributed by atoms with E-state index in [2.05, 4.69) is 16.9 Å². The molecule has 0 aliphatic rings. The van der Waals surface area contributed by atoms with E-state index in [0.29, 0.717) is 10.9 Å². The number of nitrogens with two attached hydrogens (primary N) is 1. The van der Waals surface area contributed by atoms with E-state index >= 15 is 0 Å². The Hall–Kier alpha value is -3.06. The van der Waals surface area contributed by atoms with Gasteiger partial charge < -0.3 is 5.32 Å². The Balaban J connectivity index is 2.32. The number of rotatable bonds is 6. The van der Waals surface area contributed by atoms with Gasteiger partial charge in [-0.05, 0) is 12.1 Å². The number of nitrogens with zero attached hydrogens (tertiary/aromatic N) is 1. The lowest BCUT2D eigenvalue weighted by molar-refractivity contribution is -0.117. The summed E-state index contributed by atoms with van der Waals surface area (Å²) in [6.45, 7) is 3.38. The highest BCUT2D eigenvalue weighted by Crippen LogP contribution is 2.17. The van der Waals surface area contributed by atoms with E-state index in [4.69, 9.17) is 5.84 Å². The van der Waals surface area contributed by atoms with Crippen LogP contribution in [0.25, 0.3) is 10.9 Å². The molecule has 1 heterocycles. The number of hydrogen-bond acceptors (Lipinski definition) is 5. The second-order valence-corrected chi connectivity index (χ2v) is 4.76. The zero-order valence-corrected chi connectivity index (χ0v) is 12.3. The van der Waals surface area contributed by atoms with E-state index in [0.717, 1.165) is 0 Å². The molecule has 1 aromatic heterocycles. The Bertz CT molecular complexity index is 786. The van der Waals surface area contributed by atoms with Crippen LogP contribution in [0.2, 0.25) is 0 Å². The lowest BCUT2D eigenvalue weighted by Gasteiger charge is -2.08. The lowest BCUT2D eigenvalue weighted by atomic mass is 10.1. The van der Waals surface area contributed by atoms with Crippen molar-refractivity contribution >= 4 is 28.5 Å². The molecule has 7 nitrogen and oxygen atoms in total. The number of ketones is 1. The number of para-hydroxylation sites is 1. The zero-order valence-electron chi connectivity index (χ0n) is 12.3. The number of nitrogens with one attached hydrogen (secondary N) is 2. The molecule has 0 atom stereocenters. The van der Waals surface area contributed by atoms with Gasteiger partial charge in [-0.2, -0.15) is 0 Å². The van der Waals surface area contributed by atoms with Crippen LogP contribution in [0.15, 0.2) is 43.0 Å². The molecule has 2 aromatic rings. The van der Waals surface area contributed by atoms with Crippen molar-refractivity contribution in [3.05, 3.63) is 54.2 Å². The highest BCUT2D eigenvalue weighted by atomic mass is 16.2. The van der Waals surface area contributed by atoms with E-state index in [1.807, 2.05) is 5.43 Å². The summed E-state index contributed by atoms with van der Waals surface area (Å²) < 4.78 is 0. The maximum atomic E-state index is 12.3. The van der Waals surface area contributed by atoms with Crippen LogP contribution in [0.3, 0.4) is 0 Å². The lowest BCUT2D eigenvalue weighted by Crippen LogP contribution is -2.31. The van der Waals surface area contributed by atoms with Crippen molar-refractivity contribution in [1.82, 2.24) is 15.7 Å². The molecular weight excluding hydrogens is 296 g/mol. The number of fused-ring (bicyclic) bond motifs is 1. The number of aromatic nitrogens is 1. The molecule has 2 rings (SSSR count). The minimum Gasteiger partial charge on any atom is -0.345 e. The fourth-order valence-corrected chi connectivity index (χ4v) is 2.04. The number of amides is 2. The van der Waals surface area contributed by atoms with Gasteiger partial charge >= 0.3 is 0 Å². The van der Waals surface area contributed by atoms with Crippen molar-refractivity contribution in [3.8, 4) is 0 Å². The molecule has 0 spiro atoms. The molecule has 0 saturated carbocycles. The molecule has 0 bridgehead atoms. The summed E-state index contributed by atoms with van der Waals surface area (Å²) in [6, 6.07) is 8.23. The number of nitrogen functional groups attached to an aromatic ring is 1. The number of pyridine rings is 1. The van der Waals surface area contributed by atoms with Crippen LogP contribution in [-0.2, 0) is 4.79 Å². The maximum Gasteiger partial charge on any atom is 0.283 e. The van der Waals surface area contributed by atoms with Crippen LogP contribution < -0.4 is 16.6 Å². The fourth-order valence-electron chi connectivity index (χ4n) is 2.04. The second kappa shape index (κ2) is 7.28. The highest BCUT2D eigenvalue weighted by molar-refractivity contribution is 6.07. The molecule has 2 amide bonds. The molecule has 0 fully saturated rings. The minimum atomic E-state index is -0.553. The molecule has 4 N–H and O–H groups in total. The average Bonchev–Trinajstić information content (AvgIpc) is 2.58. The van der Waals surface area contributed by atoms with Crippen molar-refractivity contribution < 1.29 is 14.4 Å². The third-order valence-electron chi connectivity index (χ3n) is 3.15. The van der Waals surface area contributed by atoms with Gasteiger partial charge in [0.15, 0.2) is 5.78 Å². The molecule has 0 radical (unpaired) electrons. The fraction of sp³-hybridized carbons (Fsp3) is 0.125. The van der Waals surface area contributed by atoms with Crippen molar-refractivity contribution in [2.24, 2.45) is 5.84 Å². The number of hydrazine groups is 1. The predicted molar refractivity (Wildman–Crippen MR) is 85.6 cm³/mol. The maximum absolute atomic E-state index is 12.3. The molecular formula is C16H16N4O3. The van der Waals surface area contributed by atoms with Gasteiger partial charge in [0.1, 0.15) is 5.69 Å². The van der Waals surface area contributed by atoms with Gasteiger partial charge in [-0.15, -0.1) is 6.58 Å². The second-order valence-electron chi connectivity index (χ2n) is 4.76. The molecule has 0 saturated heterocycles. The van der Waals surface area contributed by atoms with E-state index in [-0.39, 0.29) is 30.0 Å². The SMILES string of the molecule is C=CCC(=O)CNC(=O)c1cccc2ccc(C(=O)NN)nc12. The van der Waals surface area contributed by atoms with Gasteiger partial charge in [-0.3, -0.25) is 19.8 Å². The van der Waals surface area contributed by atoms with Crippen molar-refractivity contribution in [2.75, 3.05) is 6.54 Å². The summed E-state index contributed by atoms with van der Waals surface area (Å²) in [4.78, 5) is 39.5. The van der Waals surface area contributed by atoms with E-state index < -0.39 is 11.8 Å². The molecule has 23 heavy (non-hydrogen) atoms. The largest absolute Gasteiger partial charge is 0.345 e. The van der Waals surface area contributed by atoms with Gasteiger partial charge in [-0.25, -0.2) is 10.8 Å². The first-order chi connectivity index (χ1) is 11.1. The Kier molecular flexibility index (Phi) is 5.16. The van der Waals surface area contributed by atoms with E-state index in [1.165, 1.54) is 12.1 Å². The summed E-state index contributed by atoms with van der Waals surface area (Å²) in [6.07, 6.45) is 1.67. The quantitative estimate of drug-likeness (QED) is 0.315. The molecule has 118 valence electrons. The van der Waals surface area contributed by atoms with Crippen LogP contribution in [-0.4, -0.2) is 29.1 Å². The number of hydrogen-bond donors (Lipinski definition) is 3. The van der Waals surface area contributed by atoms with E-state index in [9.17, 15) is 14.4 Å². The highest BCUT2D eigenvalue weighted by Gasteiger charge is 2.14. The van der Waals surface area contributed by atoms with Crippen LogP contribution in [0.1, 0.15) is 27.3 Å². The van der Waals surface area contributed by atoms with Crippen LogP contribution in [0.4, 0.5) is 0 Å². The molecule has 1 aromatic carbocycles. The summed E-state index contributed by atoms with van der Waals surface area (Å²) in [7, 11) is 0. The van der Waals surface area contributed by atoms with Gasteiger partial charge in [0.05, 0.1) is 17.6 Å². The monoisotopic (exact) mass is 312 g/mol. The normalized spacial score (nSPS) is 10.1. The van der Waals surface area contributed by atoms with E-state index in [1.54, 1.807) is 24.3 Å². The topological polar surface area (TPSA) is 114 Å². The van der Waals surface area contributed by atoms with Gasteiger partial charge in [-0.1, -0.05) is 24.3 Å². The Morgan fingerprint density at radius 2 is 1.96 bits per heavy atom. The number of carbonyl (C=O) groups is 3. The smallest absolute Gasteiger partial charge is 0.283 e. The number of Topliss-reactive ketones (excluding diaryl/α,β-unsaturated/α-hetero) is 1.